The van der Waals surface area contributed by atoms with Crippen molar-refractivity contribution in [2.24, 2.45) is 0 Å². The zero-order valence-corrected chi connectivity index (χ0v) is 17.9. The Hall–Kier alpha value is -3.22. The van der Waals surface area contributed by atoms with Crippen molar-refractivity contribution in [1.82, 2.24) is 15.5 Å². The van der Waals surface area contributed by atoms with Crippen LogP contribution in [0.15, 0.2) is 48.5 Å². The molecule has 0 bridgehead atoms. The van der Waals surface area contributed by atoms with E-state index in [4.69, 9.17) is 0 Å². The van der Waals surface area contributed by atoms with Gasteiger partial charge in [-0.15, -0.1) is 0 Å². The summed E-state index contributed by atoms with van der Waals surface area (Å²) < 4.78 is 13.1. The Bertz CT molecular complexity index is 920. The van der Waals surface area contributed by atoms with Crippen LogP contribution in [-0.4, -0.2) is 47.8 Å². The van der Waals surface area contributed by atoms with Gasteiger partial charge in [-0.05, 0) is 49.6 Å². The van der Waals surface area contributed by atoms with Crippen molar-refractivity contribution in [1.29, 1.82) is 0 Å². The quantitative estimate of drug-likeness (QED) is 0.747. The number of carbonyl (C=O) groups is 3. The van der Waals surface area contributed by atoms with Crippen LogP contribution in [0.3, 0.4) is 0 Å². The number of nitrogens with zero attached hydrogens (tertiary/aromatic N) is 1. The molecule has 1 aliphatic heterocycles. The predicted molar refractivity (Wildman–Crippen MR) is 116 cm³/mol. The van der Waals surface area contributed by atoms with Crippen LogP contribution < -0.4 is 10.6 Å². The number of carbonyl (C=O) groups excluding carboxylic acids is 3. The second-order valence-electron chi connectivity index (χ2n) is 8.02. The van der Waals surface area contributed by atoms with E-state index in [1.807, 2.05) is 31.2 Å². The van der Waals surface area contributed by atoms with Gasteiger partial charge in [-0.1, -0.05) is 29.8 Å². The van der Waals surface area contributed by atoms with Crippen LogP contribution in [-0.2, 0) is 16.0 Å². The van der Waals surface area contributed by atoms with E-state index in [1.165, 1.54) is 19.1 Å². The molecule has 3 rings (SSSR count). The molecule has 1 aliphatic rings. The number of benzene rings is 2. The van der Waals surface area contributed by atoms with Crippen molar-refractivity contribution in [3.63, 3.8) is 0 Å². The molecule has 7 heteroatoms. The van der Waals surface area contributed by atoms with Gasteiger partial charge in [0.05, 0.1) is 0 Å². The number of piperidine rings is 1. The summed E-state index contributed by atoms with van der Waals surface area (Å²) in [5.74, 6) is -0.933. The minimum absolute atomic E-state index is 0.00258. The molecule has 2 aromatic rings. The first-order valence-electron chi connectivity index (χ1n) is 10.5. The lowest BCUT2D eigenvalue weighted by atomic mass is 10.0. The lowest BCUT2D eigenvalue weighted by Crippen LogP contribution is -2.53. The average molecular weight is 426 g/mol. The van der Waals surface area contributed by atoms with Crippen LogP contribution in [0.4, 0.5) is 4.39 Å². The van der Waals surface area contributed by atoms with Crippen molar-refractivity contribution < 1.29 is 18.8 Å². The van der Waals surface area contributed by atoms with E-state index in [9.17, 15) is 18.8 Å². The molecule has 1 fully saturated rings. The third-order valence-electron chi connectivity index (χ3n) is 5.47. The smallest absolute Gasteiger partial charge is 0.253 e. The number of halogens is 1. The first kappa shape index (κ1) is 22.5. The number of nitrogens with one attached hydrogen (secondary N) is 2. The minimum Gasteiger partial charge on any atom is -0.351 e. The summed E-state index contributed by atoms with van der Waals surface area (Å²) in [6.45, 7) is 4.45. The Morgan fingerprint density at radius 1 is 1.03 bits per heavy atom. The zero-order chi connectivity index (χ0) is 22.4. The number of aryl methyl sites for hydroxylation is 1. The number of likely N-dealkylation sites (tertiary alicyclic amines) is 1. The molecule has 0 spiro atoms. The van der Waals surface area contributed by atoms with Crippen LogP contribution in [0.1, 0.15) is 41.3 Å². The average Bonchev–Trinajstić information content (AvgIpc) is 2.75. The lowest BCUT2D eigenvalue weighted by molar-refractivity contribution is -0.128. The minimum atomic E-state index is -0.741. The van der Waals surface area contributed by atoms with Crippen molar-refractivity contribution in [2.75, 3.05) is 13.1 Å². The normalized spacial score (nSPS) is 15.3. The Kier molecular flexibility index (Phi) is 7.39. The summed E-state index contributed by atoms with van der Waals surface area (Å²) in [4.78, 5) is 38.8. The number of rotatable bonds is 6. The molecule has 31 heavy (non-hydrogen) atoms. The van der Waals surface area contributed by atoms with E-state index in [-0.39, 0.29) is 36.0 Å². The molecular formula is C24H28FN3O3. The molecule has 1 saturated heterocycles. The highest BCUT2D eigenvalue weighted by Crippen LogP contribution is 2.15. The van der Waals surface area contributed by atoms with E-state index in [2.05, 4.69) is 10.6 Å². The largest absolute Gasteiger partial charge is 0.351 e. The van der Waals surface area contributed by atoms with Crippen LogP contribution >= 0.6 is 0 Å². The summed E-state index contributed by atoms with van der Waals surface area (Å²) in [7, 11) is 0. The molecule has 6 nitrogen and oxygen atoms in total. The van der Waals surface area contributed by atoms with Gasteiger partial charge in [0.1, 0.15) is 11.9 Å². The first-order chi connectivity index (χ1) is 14.8. The predicted octanol–water partition coefficient (Wildman–Crippen LogP) is 2.60. The van der Waals surface area contributed by atoms with E-state index in [0.29, 0.717) is 31.5 Å². The summed E-state index contributed by atoms with van der Waals surface area (Å²) in [6.07, 6.45) is 1.57. The topological polar surface area (TPSA) is 78.5 Å². The molecule has 0 aliphatic carbocycles. The molecular weight excluding hydrogens is 397 g/mol. The molecule has 2 aromatic carbocycles. The van der Waals surface area contributed by atoms with Gasteiger partial charge in [-0.3, -0.25) is 14.4 Å². The fraction of sp³-hybridized carbons (Fsp3) is 0.375. The number of amides is 3. The van der Waals surface area contributed by atoms with Crippen molar-refractivity contribution in [3.05, 3.63) is 71.0 Å². The molecule has 1 unspecified atom stereocenters. The second-order valence-corrected chi connectivity index (χ2v) is 8.02. The number of hydrogen-bond acceptors (Lipinski definition) is 3. The van der Waals surface area contributed by atoms with Crippen molar-refractivity contribution >= 4 is 17.7 Å². The van der Waals surface area contributed by atoms with Crippen LogP contribution in [0.2, 0.25) is 0 Å². The van der Waals surface area contributed by atoms with Gasteiger partial charge in [-0.25, -0.2) is 4.39 Å². The van der Waals surface area contributed by atoms with E-state index >= 15 is 0 Å². The standard InChI is InChI=1S/C24H28FN3O3/c1-16-3-7-19(8-4-16)24(31)28-13-11-21(12-14-28)27-23(30)22(26-17(2)29)15-18-5-9-20(25)10-6-18/h3-10,21-22H,11-15H2,1-2H3,(H,26,29)(H,27,30). The Morgan fingerprint density at radius 3 is 2.23 bits per heavy atom. The third kappa shape index (κ3) is 6.38. The zero-order valence-electron chi connectivity index (χ0n) is 17.9. The molecule has 0 aromatic heterocycles. The monoisotopic (exact) mass is 425 g/mol. The maximum atomic E-state index is 13.1. The molecule has 164 valence electrons. The molecule has 0 radical (unpaired) electrons. The highest BCUT2D eigenvalue weighted by molar-refractivity contribution is 5.94. The van der Waals surface area contributed by atoms with Gasteiger partial charge in [-0.2, -0.15) is 0 Å². The van der Waals surface area contributed by atoms with Crippen molar-refractivity contribution in [3.8, 4) is 0 Å². The number of hydrogen-bond donors (Lipinski definition) is 2. The molecule has 0 saturated carbocycles. The maximum absolute atomic E-state index is 13.1. The third-order valence-corrected chi connectivity index (χ3v) is 5.47. The summed E-state index contributed by atoms with van der Waals surface area (Å²) >= 11 is 0. The fourth-order valence-electron chi connectivity index (χ4n) is 3.72. The highest BCUT2D eigenvalue weighted by Gasteiger charge is 2.27. The van der Waals surface area contributed by atoms with Gasteiger partial charge in [0.2, 0.25) is 11.8 Å². The molecule has 1 heterocycles. The van der Waals surface area contributed by atoms with Gasteiger partial charge >= 0.3 is 0 Å². The molecule has 2 N–H and O–H groups in total. The first-order valence-corrected chi connectivity index (χ1v) is 10.5. The van der Waals surface area contributed by atoms with E-state index in [1.54, 1.807) is 17.0 Å². The van der Waals surface area contributed by atoms with Crippen LogP contribution in [0, 0.1) is 12.7 Å². The molecule has 3 amide bonds. The second kappa shape index (κ2) is 10.2. The SMILES string of the molecule is CC(=O)NC(Cc1ccc(F)cc1)C(=O)NC1CCN(C(=O)c2ccc(C)cc2)CC1. The summed E-state index contributed by atoms with van der Waals surface area (Å²) in [5.41, 5.74) is 2.53. The molecule has 1 atom stereocenters. The maximum Gasteiger partial charge on any atom is 0.253 e. The Balaban J connectivity index is 1.55. The van der Waals surface area contributed by atoms with Gasteiger partial charge in [0, 0.05) is 38.0 Å². The summed E-state index contributed by atoms with van der Waals surface area (Å²) in [6, 6.07) is 12.6. The van der Waals surface area contributed by atoms with E-state index < -0.39 is 6.04 Å². The van der Waals surface area contributed by atoms with E-state index in [0.717, 1.165) is 11.1 Å². The van der Waals surface area contributed by atoms with Crippen LogP contribution in [0.25, 0.3) is 0 Å². The van der Waals surface area contributed by atoms with Gasteiger partial charge in [0.25, 0.3) is 5.91 Å². The highest BCUT2D eigenvalue weighted by atomic mass is 19.1. The fourth-order valence-corrected chi connectivity index (χ4v) is 3.72. The Morgan fingerprint density at radius 2 is 1.65 bits per heavy atom. The van der Waals surface area contributed by atoms with Gasteiger partial charge < -0.3 is 15.5 Å². The lowest BCUT2D eigenvalue weighted by Gasteiger charge is -2.33. The van der Waals surface area contributed by atoms with Crippen molar-refractivity contribution in [2.45, 2.75) is 45.2 Å². The Labute approximate surface area is 181 Å². The van der Waals surface area contributed by atoms with Crippen LogP contribution in [0.5, 0.6) is 0 Å². The summed E-state index contributed by atoms with van der Waals surface area (Å²) in [5, 5.41) is 5.67. The van der Waals surface area contributed by atoms with Gasteiger partial charge in [0.15, 0.2) is 0 Å².